The molecular weight excluding hydrogens is 335 g/mol. The lowest BCUT2D eigenvalue weighted by Crippen LogP contribution is -1.82. The highest BCUT2D eigenvalue weighted by atomic mass is 127. The van der Waals surface area contributed by atoms with E-state index >= 15 is 0 Å². The van der Waals surface area contributed by atoms with Gasteiger partial charge in [-0.2, -0.15) is 0 Å². The fourth-order valence-electron chi connectivity index (χ4n) is 1.19. The van der Waals surface area contributed by atoms with Crippen molar-refractivity contribution in [1.82, 2.24) is 0 Å². The predicted molar refractivity (Wildman–Crippen MR) is 71.4 cm³/mol. The Bertz CT molecular complexity index is 450. The van der Waals surface area contributed by atoms with Gasteiger partial charge in [0.2, 0.25) is 0 Å². The number of hydrogen-bond donors (Lipinski definition) is 1. The average molecular weight is 341 g/mol. The molecule has 0 atom stereocenters. The van der Waals surface area contributed by atoms with Crippen molar-refractivity contribution in [3.05, 3.63) is 27.3 Å². The lowest BCUT2D eigenvalue weighted by Gasteiger charge is -1.99. The van der Waals surface area contributed by atoms with E-state index in [1.807, 2.05) is 0 Å². The number of fused-ring (bicyclic) bond motifs is 1. The standard InChI is InChI=1S/C9H6ClIS2/c10-4-6-2-8-5(1-7(6)11)3-9(12)13-8/h1-3,12H,4H2. The van der Waals surface area contributed by atoms with Crippen LogP contribution in [-0.4, -0.2) is 0 Å². The Hall–Kier alpha value is 0.550. The van der Waals surface area contributed by atoms with Gasteiger partial charge < -0.3 is 0 Å². The quantitative estimate of drug-likeness (QED) is 0.440. The molecule has 0 spiro atoms. The van der Waals surface area contributed by atoms with Crippen molar-refractivity contribution in [3.8, 4) is 0 Å². The second kappa shape index (κ2) is 3.96. The van der Waals surface area contributed by atoms with E-state index in [0.717, 1.165) is 4.21 Å². The zero-order valence-corrected chi connectivity index (χ0v) is 11.2. The van der Waals surface area contributed by atoms with E-state index in [9.17, 15) is 0 Å². The molecule has 2 aromatic rings. The summed E-state index contributed by atoms with van der Waals surface area (Å²) >= 11 is 14.1. The van der Waals surface area contributed by atoms with Crippen LogP contribution < -0.4 is 0 Å². The SMILES string of the molecule is Sc1cc2cc(I)c(CCl)cc2s1. The van der Waals surface area contributed by atoms with Gasteiger partial charge in [0.1, 0.15) is 0 Å². The number of hydrogen-bond acceptors (Lipinski definition) is 2. The maximum Gasteiger partial charge on any atom is 0.0580 e. The predicted octanol–water partition coefficient (Wildman–Crippen LogP) is 4.53. The molecule has 0 N–H and O–H groups in total. The van der Waals surface area contributed by atoms with Gasteiger partial charge in [0, 0.05) is 14.2 Å². The first-order valence-electron chi connectivity index (χ1n) is 3.67. The first-order chi connectivity index (χ1) is 6.20. The minimum atomic E-state index is 0.577. The van der Waals surface area contributed by atoms with Crippen LogP contribution in [0.2, 0.25) is 0 Å². The Morgan fingerprint density at radius 1 is 1.38 bits per heavy atom. The van der Waals surface area contributed by atoms with Gasteiger partial charge in [-0.15, -0.1) is 35.6 Å². The van der Waals surface area contributed by atoms with Crippen LogP contribution in [0.4, 0.5) is 0 Å². The van der Waals surface area contributed by atoms with Gasteiger partial charge in [0.25, 0.3) is 0 Å². The first kappa shape index (κ1) is 10.1. The Kier molecular flexibility index (Phi) is 3.07. The zero-order valence-electron chi connectivity index (χ0n) is 6.55. The summed E-state index contributed by atoms with van der Waals surface area (Å²) in [5.41, 5.74) is 1.20. The van der Waals surface area contributed by atoms with Crippen molar-refractivity contribution in [2.75, 3.05) is 0 Å². The smallest absolute Gasteiger partial charge is 0.0580 e. The van der Waals surface area contributed by atoms with E-state index in [4.69, 9.17) is 11.6 Å². The first-order valence-corrected chi connectivity index (χ1v) is 6.55. The third-order valence-corrected chi connectivity index (χ3v) is 4.41. The second-order valence-corrected chi connectivity index (χ2v) is 6.00. The van der Waals surface area contributed by atoms with Crippen LogP contribution in [0.5, 0.6) is 0 Å². The summed E-state index contributed by atoms with van der Waals surface area (Å²) in [6, 6.07) is 6.39. The number of alkyl halides is 1. The van der Waals surface area contributed by atoms with Crippen LogP contribution in [0, 0.1) is 3.57 Å². The van der Waals surface area contributed by atoms with Crippen LogP contribution in [0.25, 0.3) is 10.1 Å². The zero-order chi connectivity index (χ0) is 9.42. The molecule has 4 heteroatoms. The van der Waals surface area contributed by atoms with E-state index in [1.54, 1.807) is 11.3 Å². The van der Waals surface area contributed by atoms with Crippen LogP contribution in [0.1, 0.15) is 5.56 Å². The van der Waals surface area contributed by atoms with Crippen molar-refractivity contribution < 1.29 is 0 Å². The van der Waals surface area contributed by atoms with Gasteiger partial charge >= 0.3 is 0 Å². The van der Waals surface area contributed by atoms with Crippen molar-refractivity contribution in [1.29, 1.82) is 0 Å². The normalized spacial score (nSPS) is 11.0. The van der Waals surface area contributed by atoms with Gasteiger partial charge in [0.05, 0.1) is 4.21 Å². The molecule has 1 heterocycles. The van der Waals surface area contributed by atoms with Crippen LogP contribution in [-0.2, 0) is 5.88 Å². The molecule has 0 aliphatic heterocycles. The van der Waals surface area contributed by atoms with Gasteiger partial charge in [-0.05, 0) is 51.7 Å². The monoisotopic (exact) mass is 340 g/mol. The average Bonchev–Trinajstić information content (AvgIpc) is 2.42. The summed E-state index contributed by atoms with van der Waals surface area (Å²) in [5, 5.41) is 1.26. The fraction of sp³-hybridized carbons (Fsp3) is 0.111. The molecule has 1 aromatic carbocycles. The number of thiol groups is 1. The number of rotatable bonds is 1. The number of halogens is 2. The minimum absolute atomic E-state index is 0.577. The van der Waals surface area contributed by atoms with Crippen molar-refractivity contribution >= 4 is 68.2 Å². The van der Waals surface area contributed by atoms with Crippen LogP contribution in [0.3, 0.4) is 0 Å². The Morgan fingerprint density at radius 2 is 2.15 bits per heavy atom. The summed E-state index contributed by atoms with van der Waals surface area (Å²) in [6.07, 6.45) is 0. The summed E-state index contributed by atoms with van der Waals surface area (Å²) in [6.45, 7) is 0. The molecule has 0 fully saturated rings. The van der Waals surface area contributed by atoms with Gasteiger partial charge in [-0.25, -0.2) is 0 Å². The molecular formula is C9H6ClIS2. The Labute approximate surface area is 105 Å². The minimum Gasteiger partial charge on any atom is -0.133 e. The summed E-state index contributed by atoms with van der Waals surface area (Å²) < 4.78 is 3.55. The lowest BCUT2D eigenvalue weighted by molar-refractivity contribution is 1.40. The summed E-state index contributed by atoms with van der Waals surface area (Å²) in [7, 11) is 0. The van der Waals surface area contributed by atoms with Gasteiger partial charge in [-0.3, -0.25) is 0 Å². The van der Waals surface area contributed by atoms with Crippen LogP contribution in [0.15, 0.2) is 22.4 Å². The molecule has 13 heavy (non-hydrogen) atoms. The highest BCUT2D eigenvalue weighted by molar-refractivity contribution is 14.1. The van der Waals surface area contributed by atoms with Gasteiger partial charge in [0.15, 0.2) is 0 Å². The van der Waals surface area contributed by atoms with E-state index in [0.29, 0.717) is 5.88 Å². The molecule has 68 valence electrons. The summed E-state index contributed by atoms with van der Waals surface area (Å²) in [4.78, 5) is 0. The topological polar surface area (TPSA) is 0 Å². The second-order valence-electron chi connectivity index (χ2n) is 2.70. The van der Waals surface area contributed by atoms with Crippen LogP contribution >= 0.6 is 58.2 Å². The van der Waals surface area contributed by atoms with E-state index in [2.05, 4.69) is 53.4 Å². The van der Waals surface area contributed by atoms with E-state index in [-0.39, 0.29) is 0 Å². The van der Waals surface area contributed by atoms with Crippen molar-refractivity contribution in [2.45, 2.75) is 10.1 Å². The third kappa shape index (κ3) is 1.98. The van der Waals surface area contributed by atoms with E-state index in [1.165, 1.54) is 19.2 Å². The van der Waals surface area contributed by atoms with E-state index < -0.39 is 0 Å². The molecule has 0 aliphatic rings. The summed E-state index contributed by atoms with van der Waals surface area (Å²) in [5.74, 6) is 0.577. The molecule has 0 radical (unpaired) electrons. The Morgan fingerprint density at radius 3 is 2.85 bits per heavy atom. The maximum atomic E-state index is 5.82. The van der Waals surface area contributed by atoms with Crippen molar-refractivity contribution in [2.24, 2.45) is 0 Å². The fourth-order valence-corrected chi connectivity index (χ4v) is 3.60. The molecule has 0 bridgehead atoms. The molecule has 0 nitrogen and oxygen atoms in total. The molecule has 0 amide bonds. The molecule has 2 rings (SSSR count). The number of thiophene rings is 1. The number of benzene rings is 1. The third-order valence-electron chi connectivity index (χ3n) is 1.82. The largest absolute Gasteiger partial charge is 0.133 e. The molecule has 0 aliphatic carbocycles. The highest BCUT2D eigenvalue weighted by Crippen LogP contribution is 2.31. The molecule has 0 unspecified atom stereocenters. The Balaban J connectivity index is 2.72. The highest BCUT2D eigenvalue weighted by Gasteiger charge is 2.04. The maximum absolute atomic E-state index is 5.82. The van der Waals surface area contributed by atoms with Gasteiger partial charge in [-0.1, -0.05) is 0 Å². The molecule has 0 saturated heterocycles. The molecule has 0 saturated carbocycles. The van der Waals surface area contributed by atoms with Crippen molar-refractivity contribution in [3.63, 3.8) is 0 Å². The lowest BCUT2D eigenvalue weighted by atomic mass is 10.2. The molecule has 1 aromatic heterocycles.